The van der Waals surface area contributed by atoms with E-state index < -0.39 is 0 Å². The third-order valence-electron chi connectivity index (χ3n) is 3.25. The van der Waals surface area contributed by atoms with Crippen molar-refractivity contribution in [2.45, 2.75) is 26.3 Å². The molecule has 1 aromatic carbocycles. The molecule has 1 fully saturated rings. The van der Waals surface area contributed by atoms with Gasteiger partial charge in [-0.15, -0.1) is 0 Å². The number of nitrogens with zero attached hydrogens (tertiary/aromatic N) is 1. The summed E-state index contributed by atoms with van der Waals surface area (Å²) in [5.41, 5.74) is 15.6. The van der Waals surface area contributed by atoms with E-state index in [0.29, 0.717) is 5.69 Å². The Balaban J connectivity index is 2.17. The Labute approximate surface area is 91.1 Å². The van der Waals surface area contributed by atoms with Gasteiger partial charge in [0.1, 0.15) is 0 Å². The second-order valence-electron chi connectivity index (χ2n) is 4.34. The Morgan fingerprint density at radius 3 is 2.53 bits per heavy atom. The zero-order valence-electron chi connectivity index (χ0n) is 9.29. The lowest BCUT2D eigenvalue weighted by molar-refractivity contribution is 0.331. The second kappa shape index (κ2) is 4.11. The van der Waals surface area contributed by atoms with Crippen LogP contribution in [-0.4, -0.2) is 18.0 Å². The summed E-state index contributed by atoms with van der Waals surface area (Å²) in [4.78, 5) is 2.47. The first-order chi connectivity index (χ1) is 7.18. The Kier molecular flexibility index (Phi) is 2.82. The van der Waals surface area contributed by atoms with Gasteiger partial charge in [-0.3, -0.25) is 4.90 Å². The van der Waals surface area contributed by atoms with Gasteiger partial charge >= 0.3 is 0 Å². The molecule has 0 saturated carbocycles. The average molecular weight is 205 g/mol. The Bertz CT molecular complexity index is 354. The van der Waals surface area contributed by atoms with Gasteiger partial charge in [-0.25, -0.2) is 0 Å². The second-order valence-corrected chi connectivity index (χ2v) is 4.34. The molecule has 0 aromatic heterocycles. The number of nitrogens with two attached hydrogens (primary N) is 2. The van der Waals surface area contributed by atoms with E-state index in [1.54, 1.807) is 0 Å². The quantitative estimate of drug-likeness (QED) is 0.723. The molecule has 15 heavy (non-hydrogen) atoms. The number of hydrogen-bond donors (Lipinski definition) is 2. The zero-order chi connectivity index (χ0) is 10.8. The summed E-state index contributed by atoms with van der Waals surface area (Å²) in [5.74, 6) is 0. The lowest BCUT2D eigenvalue weighted by Gasteiger charge is -2.17. The van der Waals surface area contributed by atoms with Crippen molar-refractivity contribution in [3.8, 4) is 0 Å². The lowest BCUT2D eigenvalue weighted by Crippen LogP contribution is -2.19. The third-order valence-corrected chi connectivity index (χ3v) is 3.25. The van der Waals surface area contributed by atoms with Crippen LogP contribution in [0.3, 0.4) is 0 Å². The number of benzene rings is 1. The molecule has 0 radical (unpaired) electrons. The molecule has 1 heterocycles. The molecule has 3 heteroatoms. The minimum absolute atomic E-state index is 0.692. The summed E-state index contributed by atoms with van der Waals surface area (Å²) < 4.78 is 0. The van der Waals surface area contributed by atoms with Gasteiger partial charge in [0, 0.05) is 6.54 Å². The molecule has 3 nitrogen and oxygen atoms in total. The molecule has 82 valence electrons. The van der Waals surface area contributed by atoms with Gasteiger partial charge in [0.2, 0.25) is 0 Å². The SMILES string of the molecule is Cc1c(CN2CCCC2)ccc(N)c1N. The van der Waals surface area contributed by atoms with Crippen LogP contribution in [0.5, 0.6) is 0 Å². The molecule has 1 saturated heterocycles. The molecule has 0 amide bonds. The predicted octanol–water partition coefficient (Wildman–Crippen LogP) is 1.76. The van der Waals surface area contributed by atoms with Crippen molar-refractivity contribution < 1.29 is 0 Å². The summed E-state index contributed by atoms with van der Waals surface area (Å²) in [6, 6.07) is 4.01. The number of rotatable bonds is 2. The van der Waals surface area contributed by atoms with Crippen molar-refractivity contribution in [3.05, 3.63) is 23.3 Å². The van der Waals surface area contributed by atoms with Crippen molar-refractivity contribution in [1.29, 1.82) is 0 Å². The highest BCUT2D eigenvalue weighted by atomic mass is 15.1. The summed E-state index contributed by atoms with van der Waals surface area (Å²) >= 11 is 0. The normalized spacial score (nSPS) is 17.1. The minimum Gasteiger partial charge on any atom is -0.397 e. The van der Waals surface area contributed by atoms with Gasteiger partial charge in [-0.2, -0.15) is 0 Å². The molecule has 0 spiro atoms. The van der Waals surface area contributed by atoms with Crippen LogP contribution in [0.4, 0.5) is 11.4 Å². The summed E-state index contributed by atoms with van der Waals surface area (Å²) in [5, 5.41) is 0. The molecule has 4 N–H and O–H groups in total. The van der Waals surface area contributed by atoms with Gasteiger partial charge in [-0.1, -0.05) is 6.07 Å². The van der Waals surface area contributed by atoms with Crippen LogP contribution in [0.25, 0.3) is 0 Å². The molecule has 1 aromatic rings. The van der Waals surface area contributed by atoms with E-state index in [-0.39, 0.29) is 0 Å². The van der Waals surface area contributed by atoms with E-state index in [9.17, 15) is 0 Å². The topological polar surface area (TPSA) is 55.3 Å². The number of anilines is 2. The van der Waals surface area contributed by atoms with E-state index in [1.165, 1.54) is 31.5 Å². The Morgan fingerprint density at radius 2 is 1.87 bits per heavy atom. The maximum absolute atomic E-state index is 5.91. The van der Waals surface area contributed by atoms with Crippen LogP contribution in [0.15, 0.2) is 12.1 Å². The maximum Gasteiger partial charge on any atom is 0.0580 e. The number of likely N-dealkylation sites (tertiary alicyclic amines) is 1. The largest absolute Gasteiger partial charge is 0.397 e. The Hall–Kier alpha value is -1.22. The van der Waals surface area contributed by atoms with Gasteiger partial charge in [0.05, 0.1) is 11.4 Å². The minimum atomic E-state index is 0.692. The first kappa shape index (κ1) is 10.3. The third kappa shape index (κ3) is 2.07. The van der Waals surface area contributed by atoms with Crippen LogP contribution in [-0.2, 0) is 6.54 Å². The fourth-order valence-electron chi connectivity index (χ4n) is 2.15. The molecule has 0 aliphatic carbocycles. The van der Waals surface area contributed by atoms with E-state index in [4.69, 9.17) is 11.5 Å². The van der Waals surface area contributed by atoms with Crippen LogP contribution >= 0.6 is 0 Å². The summed E-state index contributed by atoms with van der Waals surface area (Å²) in [6.45, 7) is 5.49. The summed E-state index contributed by atoms with van der Waals surface area (Å²) in [6.07, 6.45) is 2.65. The smallest absolute Gasteiger partial charge is 0.0580 e. The predicted molar refractivity (Wildman–Crippen MR) is 64.5 cm³/mol. The first-order valence-corrected chi connectivity index (χ1v) is 5.54. The van der Waals surface area contributed by atoms with E-state index in [2.05, 4.69) is 17.9 Å². The van der Waals surface area contributed by atoms with Crippen molar-refractivity contribution in [1.82, 2.24) is 4.90 Å². The van der Waals surface area contributed by atoms with Gasteiger partial charge in [0.25, 0.3) is 0 Å². The van der Waals surface area contributed by atoms with Crippen LogP contribution < -0.4 is 11.5 Å². The zero-order valence-corrected chi connectivity index (χ0v) is 9.29. The van der Waals surface area contributed by atoms with Crippen molar-refractivity contribution >= 4 is 11.4 Å². The van der Waals surface area contributed by atoms with E-state index in [0.717, 1.165) is 17.8 Å². The first-order valence-electron chi connectivity index (χ1n) is 5.54. The van der Waals surface area contributed by atoms with E-state index in [1.807, 2.05) is 6.07 Å². The molecule has 1 aliphatic rings. The standard InChI is InChI=1S/C12H19N3/c1-9-10(4-5-11(13)12(9)14)8-15-6-2-3-7-15/h4-5H,2-3,6-8,13-14H2,1H3. The average Bonchev–Trinajstić information content (AvgIpc) is 2.72. The number of hydrogen-bond acceptors (Lipinski definition) is 3. The highest BCUT2D eigenvalue weighted by Gasteiger charge is 2.13. The maximum atomic E-state index is 5.91. The van der Waals surface area contributed by atoms with Crippen LogP contribution in [0.1, 0.15) is 24.0 Å². The van der Waals surface area contributed by atoms with Gasteiger partial charge in [0.15, 0.2) is 0 Å². The highest BCUT2D eigenvalue weighted by Crippen LogP contribution is 2.24. The monoisotopic (exact) mass is 205 g/mol. The fraction of sp³-hybridized carbons (Fsp3) is 0.500. The molecule has 0 atom stereocenters. The van der Waals surface area contributed by atoms with Crippen molar-refractivity contribution in [2.75, 3.05) is 24.6 Å². The molecular formula is C12H19N3. The summed E-state index contributed by atoms with van der Waals surface area (Å²) in [7, 11) is 0. The molecular weight excluding hydrogens is 186 g/mol. The number of nitrogen functional groups attached to an aromatic ring is 2. The molecule has 1 aliphatic heterocycles. The van der Waals surface area contributed by atoms with E-state index >= 15 is 0 Å². The van der Waals surface area contributed by atoms with Gasteiger partial charge in [-0.05, 0) is 50.0 Å². The van der Waals surface area contributed by atoms with Gasteiger partial charge < -0.3 is 11.5 Å². The lowest BCUT2D eigenvalue weighted by atomic mass is 10.1. The highest BCUT2D eigenvalue weighted by molar-refractivity contribution is 5.68. The Morgan fingerprint density at radius 1 is 1.20 bits per heavy atom. The fourth-order valence-corrected chi connectivity index (χ4v) is 2.15. The van der Waals surface area contributed by atoms with Crippen LogP contribution in [0, 0.1) is 6.92 Å². The van der Waals surface area contributed by atoms with Crippen molar-refractivity contribution in [3.63, 3.8) is 0 Å². The molecule has 0 unspecified atom stereocenters. The molecule has 2 rings (SSSR count). The molecule has 0 bridgehead atoms. The van der Waals surface area contributed by atoms with Crippen molar-refractivity contribution in [2.24, 2.45) is 0 Å². The van der Waals surface area contributed by atoms with Crippen LogP contribution in [0.2, 0.25) is 0 Å².